The normalized spacial score (nSPS) is 11.1. The van der Waals surface area contributed by atoms with Gasteiger partial charge < -0.3 is 5.43 Å². The molecule has 20 heavy (non-hydrogen) atoms. The monoisotopic (exact) mass is 274 g/mol. The topological polar surface area (TPSA) is 81.7 Å². The molecule has 6 heteroatoms. The molecule has 0 radical (unpaired) electrons. The number of nitrogens with one attached hydrogen (secondary N) is 1. The number of aryl methyl sites for hydroxylation is 2. The van der Waals surface area contributed by atoms with Crippen LogP contribution in [0.1, 0.15) is 50.8 Å². The number of anilines is 1. The van der Waals surface area contributed by atoms with E-state index in [0.29, 0.717) is 5.82 Å². The van der Waals surface area contributed by atoms with Gasteiger partial charge in [0.25, 0.3) is 0 Å². The summed E-state index contributed by atoms with van der Waals surface area (Å²) in [6.45, 7) is 8.32. The minimum Gasteiger partial charge on any atom is -0.308 e. The van der Waals surface area contributed by atoms with Gasteiger partial charge in [-0.25, -0.2) is 20.5 Å². The van der Waals surface area contributed by atoms with Gasteiger partial charge in [-0.05, 0) is 18.9 Å². The quantitative estimate of drug-likeness (QED) is 0.645. The third-order valence-corrected chi connectivity index (χ3v) is 3.17. The minimum absolute atomic E-state index is 0.230. The van der Waals surface area contributed by atoms with E-state index in [4.69, 9.17) is 5.84 Å². The molecule has 0 aliphatic rings. The smallest absolute Gasteiger partial charge is 0.159 e. The lowest BCUT2D eigenvalue weighted by atomic mass is 10.2. The summed E-state index contributed by atoms with van der Waals surface area (Å²) in [4.78, 5) is 8.97. The summed E-state index contributed by atoms with van der Waals surface area (Å²) in [5, 5.41) is 4.60. The zero-order valence-electron chi connectivity index (χ0n) is 12.5. The molecule has 2 aromatic rings. The van der Waals surface area contributed by atoms with E-state index < -0.39 is 0 Å². The molecule has 0 bridgehead atoms. The van der Waals surface area contributed by atoms with Crippen LogP contribution >= 0.6 is 0 Å². The lowest BCUT2D eigenvalue weighted by molar-refractivity contribution is 0.725. The van der Waals surface area contributed by atoms with E-state index in [1.165, 1.54) is 0 Å². The first-order valence-electron chi connectivity index (χ1n) is 7.02. The molecule has 0 spiro atoms. The van der Waals surface area contributed by atoms with Gasteiger partial charge in [-0.2, -0.15) is 5.10 Å². The van der Waals surface area contributed by atoms with Crippen molar-refractivity contribution in [3.05, 3.63) is 29.3 Å². The molecular formula is C14H22N6. The van der Waals surface area contributed by atoms with Crippen molar-refractivity contribution < 1.29 is 0 Å². The zero-order chi connectivity index (χ0) is 14.7. The fraction of sp³-hybridized carbons (Fsp3) is 0.500. The van der Waals surface area contributed by atoms with Crippen LogP contribution in [-0.4, -0.2) is 19.7 Å². The van der Waals surface area contributed by atoms with Crippen LogP contribution in [0.5, 0.6) is 0 Å². The van der Waals surface area contributed by atoms with Gasteiger partial charge in [0.2, 0.25) is 0 Å². The van der Waals surface area contributed by atoms with Crippen molar-refractivity contribution in [2.75, 3.05) is 5.43 Å². The molecule has 0 atom stereocenters. The Kier molecular flexibility index (Phi) is 4.34. The van der Waals surface area contributed by atoms with Crippen molar-refractivity contribution in [2.24, 2.45) is 5.84 Å². The van der Waals surface area contributed by atoms with Gasteiger partial charge in [-0.15, -0.1) is 0 Å². The molecule has 2 heterocycles. The van der Waals surface area contributed by atoms with Crippen LogP contribution in [0.2, 0.25) is 0 Å². The zero-order valence-corrected chi connectivity index (χ0v) is 12.5. The summed E-state index contributed by atoms with van der Waals surface area (Å²) in [7, 11) is 0. The maximum Gasteiger partial charge on any atom is 0.159 e. The highest BCUT2D eigenvalue weighted by Crippen LogP contribution is 2.18. The van der Waals surface area contributed by atoms with Gasteiger partial charge >= 0.3 is 0 Å². The molecule has 0 aliphatic heterocycles. The summed E-state index contributed by atoms with van der Waals surface area (Å²) >= 11 is 0. The Morgan fingerprint density at radius 1 is 1.20 bits per heavy atom. The van der Waals surface area contributed by atoms with Crippen LogP contribution < -0.4 is 11.3 Å². The first-order chi connectivity index (χ1) is 9.58. The van der Waals surface area contributed by atoms with Gasteiger partial charge in [0.1, 0.15) is 11.6 Å². The molecule has 0 aromatic carbocycles. The van der Waals surface area contributed by atoms with Crippen molar-refractivity contribution in [1.82, 2.24) is 19.7 Å². The van der Waals surface area contributed by atoms with E-state index in [1.54, 1.807) is 0 Å². The van der Waals surface area contributed by atoms with E-state index in [1.807, 2.05) is 10.7 Å². The molecule has 0 fully saturated rings. The van der Waals surface area contributed by atoms with Crippen LogP contribution in [0.3, 0.4) is 0 Å². The Balaban J connectivity index is 2.56. The highest BCUT2D eigenvalue weighted by Gasteiger charge is 2.13. The first kappa shape index (κ1) is 14.5. The molecule has 0 unspecified atom stereocenters. The van der Waals surface area contributed by atoms with E-state index in [0.717, 1.165) is 35.9 Å². The molecule has 3 N–H and O–H groups in total. The summed E-state index contributed by atoms with van der Waals surface area (Å²) in [6.07, 6.45) is 1.81. The van der Waals surface area contributed by atoms with E-state index >= 15 is 0 Å². The second-order valence-electron chi connectivity index (χ2n) is 5.01. The van der Waals surface area contributed by atoms with Gasteiger partial charge in [0, 0.05) is 17.7 Å². The van der Waals surface area contributed by atoms with E-state index in [9.17, 15) is 0 Å². The molecule has 0 aliphatic carbocycles. The summed E-state index contributed by atoms with van der Waals surface area (Å²) in [6, 6.07) is 3.93. The van der Waals surface area contributed by atoms with Crippen molar-refractivity contribution in [3.8, 4) is 5.82 Å². The van der Waals surface area contributed by atoms with Gasteiger partial charge in [0.05, 0.1) is 5.69 Å². The predicted octanol–water partition coefficient (Wildman–Crippen LogP) is 2.20. The van der Waals surface area contributed by atoms with Gasteiger partial charge in [-0.3, -0.25) is 0 Å². The third-order valence-electron chi connectivity index (χ3n) is 3.17. The number of nitrogens with two attached hydrogens (primary N) is 1. The summed E-state index contributed by atoms with van der Waals surface area (Å²) in [5.74, 6) is 7.85. The molecule has 6 nitrogen and oxygen atoms in total. The Labute approximate surface area is 119 Å². The van der Waals surface area contributed by atoms with E-state index in [2.05, 4.69) is 54.3 Å². The number of aromatic nitrogens is 4. The molecule has 108 valence electrons. The second kappa shape index (κ2) is 6.00. The van der Waals surface area contributed by atoms with Crippen LogP contribution in [0.4, 0.5) is 5.82 Å². The molecule has 0 amide bonds. The van der Waals surface area contributed by atoms with Crippen LogP contribution in [-0.2, 0) is 12.8 Å². The molecule has 0 saturated heterocycles. The van der Waals surface area contributed by atoms with Crippen LogP contribution in [0.15, 0.2) is 12.1 Å². The predicted molar refractivity (Wildman–Crippen MR) is 79.8 cm³/mol. The highest BCUT2D eigenvalue weighted by molar-refractivity contribution is 5.41. The second-order valence-corrected chi connectivity index (χ2v) is 5.01. The average Bonchev–Trinajstić information content (AvgIpc) is 2.90. The van der Waals surface area contributed by atoms with Crippen LogP contribution in [0, 0.1) is 0 Å². The maximum absolute atomic E-state index is 5.50. The largest absolute Gasteiger partial charge is 0.308 e. The van der Waals surface area contributed by atoms with Crippen molar-refractivity contribution in [3.63, 3.8) is 0 Å². The van der Waals surface area contributed by atoms with Crippen molar-refractivity contribution in [2.45, 2.75) is 46.5 Å². The van der Waals surface area contributed by atoms with Crippen molar-refractivity contribution >= 4 is 5.82 Å². The Bertz CT molecular complexity index is 587. The summed E-state index contributed by atoms with van der Waals surface area (Å²) < 4.78 is 1.88. The Morgan fingerprint density at radius 3 is 2.50 bits per heavy atom. The Morgan fingerprint density at radius 2 is 1.95 bits per heavy atom. The number of hydrazine groups is 1. The lowest BCUT2D eigenvalue weighted by Gasteiger charge is -2.11. The van der Waals surface area contributed by atoms with E-state index in [-0.39, 0.29) is 5.92 Å². The number of nitrogens with zero attached hydrogens (tertiary/aromatic N) is 4. The molecular weight excluding hydrogens is 252 g/mol. The fourth-order valence-corrected chi connectivity index (χ4v) is 1.99. The highest BCUT2D eigenvalue weighted by atomic mass is 15.3. The number of hydrogen-bond donors (Lipinski definition) is 2. The maximum atomic E-state index is 5.50. The number of hydrogen-bond acceptors (Lipinski definition) is 5. The summed E-state index contributed by atoms with van der Waals surface area (Å²) in [5.41, 5.74) is 4.80. The first-order valence-corrected chi connectivity index (χ1v) is 7.02. The molecule has 0 saturated carbocycles. The lowest BCUT2D eigenvalue weighted by Crippen LogP contribution is -2.14. The number of rotatable bonds is 5. The third kappa shape index (κ3) is 2.80. The number of nitrogen functional groups attached to an aromatic ring is 1. The van der Waals surface area contributed by atoms with Gasteiger partial charge in [-0.1, -0.05) is 27.7 Å². The average molecular weight is 274 g/mol. The van der Waals surface area contributed by atoms with Crippen molar-refractivity contribution in [1.29, 1.82) is 0 Å². The standard InChI is InChI=1S/C14H22N6/c1-5-10-7-11(6-2)20(19-10)13-8-12(18-15)16-14(17-13)9(3)4/h7-9H,5-6,15H2,1-4H3,(H,16,17,18). The van der Waals surface area contributed by atoms with Gasteiger partial charge in [0.15, 0.2) is 5.82 Å². The minimum atomic E-state index is 0.230. The Hall–Kier alpha value is -1.95. The fourth-order valence-electron chi connectivity index (χ4n) is 1.99. The molecule has 2 aromatic heterocycles. The SMILES string of the molecule is CCc1cc(CC)n(-c2cc(NN)nc(C(C)C)n2)n1. The van der Waals surface area contributed by atoms with Crippen LogP contribution in [0.25, 0.3) is 5.82 Å². The molecule has 2 rings (SSSR count).